The van der Waals surface area contributed by atoms with Crippen molar-refractivity contribution in [2.45, 2.75) is 26.3 Å². The van der Waals surface area contributed by atoms with Crippen molar-refractivity contribution in [3.63, 3.8) is 0 Å². The monoisotopic (exact) mass is 287 g/mol. The first-order valence-corrected chi connectivity index (χ1v) is 7.29. The van der Waals surface area contributed by atoms with Gasteiger partial charge < -0.3 is 10.1 Å². The molecule has 0 saturated carbocycles. The molecule has 2 aromatic carbocycles. The van der Waals surface area contributed by atoms with Gasteiger partial charge in [-0.1, -0.05) is 37.3 Å². The molecular weight excluding hydrogens is 265 g/mol. The molecule has 3 heteroatoms. The fourth-order valence-corrected chi connectivity index (χ4v) is 2.39. The van der Waals surface area contributed by atoms with Gasteiger partial charge in [0.25, 0.3) is 0 Å². The molecule has 2 rings (SSSR count). The van der Waals surface area contributed by atoms with E-state index in [4.69, 9.17) is 4.74 Å². The van der Waals surface area contributed by atoms with Crippen LogP contribution < -0.4 is 10.1 Å². The van der Waals surface area contributed by atoms with Crippen LogP contribution in [0.2, 0.25) is 0 Å². The molecule has 0 aliphatic rings. The van der Waals surface area contributed by atoms with Crippen molar-refractivity contribution in [2.75, 3.05) is 13.7 Å². The van der Waals surface area contributed by atoms with Gasteiger partial charge in [0.05, 0.1) is 13.2 Å². The highest BCUT2D eigenvalue weighted by Gasteiger charge is 2.18. The zero-order chi connectivity index (χ0) is 15.2. The summed E-state index contributed by atoms with van der Waals surface area (Å²) in [7, 11) is 1.64. The predicted octanol–water partition coefficient (Wildman–Crippen LogP) is 4.23. The van der Waals surface area contributed by atoms with Crippen LogP contribution in [0, 0.1) is 12.7 Å². The van der Waals surface area contributed by atoms with Gasteiger partial charge in [-0.25, -0.2) is 4.39 Å². The molecule has 0 aliphatic heterocycles. The summed E-state index contributed by atoms with van der Waals surface area (Å²) in [5.41, 5.74) is 2.40. The Hall–Kier alpha value is -1.87. The van der Waals surface area contributed by atoms with E-state index >= 15 is 0 Å². The van der Waals surface area contributed by atoms with Crippen molar-refractivity contribution in [1.29, 1.82) is 0 Å². The molecule has 1 N–H and O–H groups in total. The molecule has 0 amide bonds. The number of hydrogen-bond donors (Lipinski definition) is 1. The van der Waals surface area contributed by atoms with Crippen molar-refractivity contribution in [1.82, 2.24) is 5.32 Å². The Morgan fingerprint density at radius 3 is 2.48 bits per heavy atom. The number of halogens is 1. The summed E-state index contributed by atoms with van der Waals surface area (Å²) in [5.74, 6) is 0.666. The van der Waals surface area contributed by atoms with Gasteiger partial charge >= 0.3 is 0 Å². The average Bonchev–Trinajstić information content (AvgIpc) is 2.52. The first-order chi connectivity index (χ1) is 10.2. The summed E-state index contributed by atoms with van der Waals surface area (Å²) in [4.78, 5) is 0. The Morgan fingerprint density at radius 2 is 1.86 bits per heavy atom. The zero-order valence-electron chi connectivity index (χ0n) is 12.8. The number of benzene rings is 2. The molecule has 0 spiro atoms. The number of ether oxygens (including phenoxy) is 1. The smallest absolute Gasteiger partial charge is 0.131 e. The van der Waals surface area contributed by atoms with Gasteiger partial charge in [0.15, 0.2) is 0 Å². The maximum Gasteiger partial charge on any atom is 0.131 e. The second-order valence-electron chi connectivity index (χ2n) is 5.14. The fourth-order valence-electron chi connectivity index (χ4n) is 2.39. The lowest BCUT2D eigenvalue weighted by molar-refractivity contribution is 0.414. The van der Waals surface area contributed by atoms with Gasteiger partial charge in [0, 0.05) is 5.56 Å². The normalized spacial score (nSPS) is 12.2. The van der Waals surface area contributed by atoms with Crippen molar-refractivity contribution < 1.29 is 9.13 Å². The van der Waals surface area contributed by atoms with Crippen LogP contribution in [-0.2, 0) is 0 Å². The van der Waals surface area contributed by atoms with Crippen LogP contribution >= 0.6 is 0 Å². The molecule has 1 atom stereocenters. The van der Waals surface area contributed by atoms with E-state index in [1.165, 1.54) is 0 Å². The molecule has 1 unspecified atom stereocenters. The summed E-state index contributed by atoms with van der Waals surface area (Å²) >= 11 is 0. The number of nitrogens with one attached hydrogen (secondary N) is 1. The Bertz CT molecular complexity index is 580. The molecule has 2 aromatic rings. The zero-order valence-corrected chi connectivity index (χ0v) is 12.8. The van der Waals surface area contributed by atoms with E-state index in [2.05, 4.69) is 12.2 Å². The third-order valence-corrected chi connectivity index (χ3v) is 3.58. The first kappa shape index (κ1) is 15.5. The molecule has 0 saturated heterocycles. The minimum atomic E-state index is -0.143. The van der Waals surface area contributed by atoms with E-state index < -0.39 is 0 Å². The highest BCUT2D eigenvalue weighted by molar-refractivity contribution is 5.37. The number of rotatable bonds is 6. The van der Waals surface area contributed by atoms with E-state index in [9.17, 15) is 4.39 Å². The van der Waals surface area contributed by atoms with Crippen LogP contribution in [0.1, 0.15) is 36.1 Å². The SMILES string of the molecule is CCCNC(c1ccc(OC)cc1)c1cccc(C)c1F. The second kappa shape index (κ2) is 7.23. The van der Waals surface area contributed by atoms with Crippen LogP contribution in [0.15, 0.2) is 42.5 Å². The summed E-state index contributed by atoms with van der Waals surface area (Å²) in [6, 6.07) is 13.2. The Morgan fingerprint density at radius 1 is 1.14 bits per heavy atom. The van der Waals surface area contributed by atoms with E-state index in [0.29, 0.717) is 11.1 Å². The topological polar surface area (TPSA) is 21.3 Å². The van der Waals surface area contributed by atoms with Gasteiger partial charge in [-0.05, 0) is 43.1 Å². The standard InChI is InChI=1S/C18H22FNO/c1-4-12-20-18(14-8-10-15(21-3)11-9-14)16-7-5-6-13(2)17(16)19/h5-11,18,20H,4,12H2,1-3H3. The maximum atomic E-state index is 14.4. The van der Waals surface area contributed by atoms with Crippen molar-refractivity contribution >= 4 is 0 Å². The highest BCUT2D eigenvalue weighted by atomic mass is 19.1. The molecule has 112 valence electrons. The predicted molar refractivity (Wildman–Crippen MR) is 84.3 cm³/mol. The van der Waals surface area contributed by atoms with E-state index in [1.807, 2.05) is 36.4 Å². The van der Waals surface area contributed by atoms with Crippen LogP contribution in [0.4, 0.5) is 4.39 Å². The third-order valence-electron chi connectivity index (χ3n) is 3.58. The molecule has 0 aromatic heterocycles. The first-order valence-electron chi connectivity index (χ1n) is 7.29. The number of methoxy groups -OCH3 is 1. The molecule has 21 heavy (non-hydrogen) atoms. The maximum absolute atomic E-state index is 14.4. The summed E-state index contributed by atoms with van der Waals surface area (Å²) in [6.45, 7) is 4.73. The van der Waals surface area contributed by atoms with Gasteiger partial charge in [-0.2, -0.15) is 0 Å². The summed E-state index contributed by atoms with van der Waals surface area (Å²) in [5, 5.41) is 3.43. The van der Waals surface area contributed by atoms with Crippen LogP contribution in [0.5, 0.6) is 5.75 Å². The van der Waals surface area contributed by atoms with Crippen LogP contribution in [0.3, 0.4) is 0 Å². The van der Waals surface area contributed by atoms with Crippen molar-refractivity contribution in [3.05, 3.63) is 65.0 Å². The number of hydrogen-bond acceptors (Lipinski definition) is 2. The minimum Gasteiger partial charge on any atom is -0.497 e. The van der Waals surface area contributed by atoms with Gasteiger partial charge in [0.1, 0.15) is 11.6 Å². The quantitative estimate of drug-likeness (QED) is 0.858. The second-order valence-corrected chi connectivity index (χ2v) is 5.14. The summed E-state index contributed by atoms with van der Waals surface area (Å²) < 4.78 is 19.6. The largest absolute Gasteiger partial charge is 0.497 e. The Kier molecular flexibility index (Phi) is 5.34. The molecule has 2 nitrogen and oxygen atoms in total. The third kappa shape index (κ3) is 3.61. The van der Waals surface area contributed by atoms with Gasteiger partial charge in [-0.15, -0.1) is 0 Å². The minimum absolute atomic E-state index is 0.137. The van der Waals surface area contributed by atoms with Crippen molar-refractivity contribution in [2.24, 2.45) is 0 Å². The Balaban J connectivity index is 2.39. The van der Waals surface area contributed by atoms with E-state index in [0.717, 1.165) is 24.3 Å². The molecule has 0 heterocycles. The fraction of sp³-hybridized carbons (Fsp3) is 0.333. The summed E-state index contributed by atoms with van der Waals surface area (Å²) in [6.07, 6.45) is 1.00. The molecule has 0 radical (unpaired) electrons. The molecular formula is C18H22FNO. The lowest BCUT2D eigenvalue weighted by Crippen LogP contribution is -2.24. The van der Waals surface area contributed by atoms with Gasteiger partial charge in [-0.3, -0.25) is 0 Å². The van der Waals surface area contributed by atoms with E-state index in [-0.39, 0.29) is 11.9 Å². The van der Waals surface area contributed by atoms with Gasteiger partial charge in [0.2, 0.25) is 0 Å². The Labute approximate surface area is 126 Å². The highest BCUT2D eigenvalue weighted by Crippen LogP contribution is 2.27. The lowest BCUT2D eigenvalue weighted by Gasteiger charge is -2.21. The lowest BCUT2D eigenvalue weighted by atomic mass is 9.96. The van der Waals surface area contributed by atoms with Crippen LogP contribution in [-0.4, -0.2) is 13.7 Å². The average molecular weight is 287 g/mol. The van der Waals surface area contributed by atoms with Crippen LogP contribution in [0.25, 0.3) is 0 Å². The van der Waals surface area contributed by atoms with Crippen molar-refractivity contribution in [3.8, 4) is 5.75 Å². The number of aryl methyl sites for hydroxylation is 1. The van der Waals surface area contributed by atoms with E-state index in [1.54, 1.807) is 20.1 Å². The molecule has 0 bridgehead atoms. The molecule has 0 aliphatic carbocycles. The molecule has 0 fully saturated rings.